The van der Waals surface area contributed by atoms with Crippen LogP contribution in [-0.4, -0.2) is 38.7 Å². The molecule has 0 spiro atoms. The van der Waals surface area contributed by atoms with Gasteiger partial charge in [0.2, 0.25) is 0 Å². The molecule has 1 aliphatic heterocycles. The zero-order valence-corrected chi connectivity index (χ0v) is 17.0. The molecule has 6 nitrogen and oxygen atoms in total. The monoisotopic (exact) mass is 436 g/mol. The van der Waals surface area contributed by atoms with Gasteiger partial charge in [0.05, 0.1) is 24.0 Å². The van der Waals surface area contributed by atoms with Gasteiger partial charge in [-0.05, 0) is 55.7 Å². The van der Waals surface area contributed by atoms with Crippen LogP contribution in [0.1, 0.15) is 35.2 Å². The molecule has 0 atom stereocenters. The number of amides is 1. The average Bonchev–Trinajstić information content (AvgIpc) is 2.77. The van der Waals surface area contributed by atoms with Crippen molar-refractivity contribution in [3.8, 4) is 5.75 Å². The number of carbonyl (C=O) groups excluding carboxylic acids is 2. The molecule has 9 heteroatoms. The van der Waals surface area contributed by atoms with Crippen molar-refractivity contribution in [3.05, 3.63) is 53.6 Å². The fraction of sp³-hybridized carbons (Fsp3) is 0.364. The van der Waals surface area contributed by atoms with E-state index in [4.69, 9.17) is 4.74 Å². The molecule has 1 saturated heterocycles. The number of methoxy groups -OCH3 is 1. The molecular weight excluding hydrogens is 413 g/mol. The third-order valence-electron chi connectivity index (χ3n) is 4.95. The van der Waals surface area contributed by atoms with E-state index in [-0.39, 0.29) is 23.6 Å². The van der Waals surface area contributed by atoms with Crippen molar-refractivity contribution in [2.24, 2.45) is 0 Å². The first-order chi connectivity index (χ1) is 14.8. The summed E-state index contributed by atoms with van der Waals surface area (Å²) in [4.78, 5) is 26.0. The quantitative estimate of drug-likeness (QED) is 0.676. The second-order valence-corrected chi connectivity index (χ2v) is 7.12. The summed E-state index contributed by atoms with van der Waals surface area (Å²) in [5.41, 5.74) is 0.00449. The van der Waals surface area contributed by atoms with Gasteiger partial charge in [0.15, 0.2) is 6.61 Å². The Morgan fingerprint density at radius 2 is 1.81 bits per heavy atom. The Kier molecular flexibility index (Phi) is 7.04. The molecule has 1 heterocycles. The van der Waals surface area contributed by atoms with Crippen LogP contribution in [0.4, 0.5) is 24.5 Å². The van der Waals surface area contributed by atoms with Crippen LogP contribution in [-0.2, 0) is 15.7 Å². The van der Waals surface area contributed by atoms with Gasteiger partial charge in [0.25, 0.3) is 5.91 Å². The van der Waals surface area contributed by atoms with Gasteiger partial charge in [-0.2, -0.15) is 13.2 Å². The number of esters is 1. The van der Waals surface area contributed by atoms with E-state index in [1.54, 1.807) is 12.1 Å². The molecule has 3 rings (SSSR count). The van der Waals surface area contributed by atoms with Gasteiger partial charge in [-0.25, -0.2) is 4.79 Å². The number of halogens is 3. The summed E-state index contributed by atoms with van der Waals surface area (Å²) in [6, 6.07) is 9.42. The standard InChI is InChI=1S/C22H23F3N2O4/c1-30-20(28)14-31-17-7-5-6-15(12-17)21(29)26-18-13-16(22(23,24)25)8-9-19(18)27-10-3-2-4-11-27/h5-9,12-13H,2-4,10-11,14H2,1H3,(H,26,29). The van der Waals surface area contributed by atoms with Crippen LogP contribution in [0.5, 0.6) is 5.75 Å². The number of piperidine rings is 1. The van der Waals surface area contributed by atoms with Gasteiger partial charge in [-0.15, -0.1) is 0 Å². The van der Waals surface area contributed by atoms with Crippen LogP contribution in [0, 0.1) is 0 Å². The highest BCUT2D eigenvalue weighted by Gasteiger charge is 2.32. The van der Waals surface area contributed by atoms with E-state index in [2.05, 4.69) is 10.1 Å². The second-order valence-electron chi connectivity index (χ2n) is 7.12. The lowest BCUT2D eigenvalue weighted by atomic mass is 10.1. The maximum atomic E-state index is 13.3. The van der Waals surface area contributed by atoms with Crippen LogP contribution in [0.2, 0.25) is 0 Å². The molecule has 0 saturated carbocycles. The van der Waals surface area contributed by atoms with Gasteiger partial charge < -0.3 is 19.7 Å². The number of hydrogen-bond donors (Lipinski definition) is 1. The molecule has 0 aromatic heterocycles. The topological polar surface area (TPSA) is 67.9 Å². The van der Waals surface area contributed by atoms with Gasteiger partial charge in [0.1, 0.15) is 5.75 Å². The molecule has 0 bridgehead atoms. The third-order valence-corrected chi connectivity index (χ3v) is 4.95. The van der Waals surface area contributed by atoms with Crippen LogP contribution >= 0.6 is 0 Å². The van der Waals surface area contributed by atoms with Crippen molar-refractivity contribution in [2.75, 3.05) is 37.0 Å². The summed E-state index contributed by atoms with van der Waals surface area (Å²) in [5.74, 6) is -0.899. The van der Waals surface area contributed by atoms with Crippen molar-refractivity contribution in [1.29, 1.82) is 0 Å². The minimum absolute atomic E-state index is 0.0996. The highest BCUT2D eigenvalue weighted by molar-refractivity contribution is 6.06. The van der Waals surface area contributed by atoms with E-state index < -0.39 is 23.6 Å². The Balaban J connectivity index is 1.84. The minimum atomic E-state index is -4.53. The van der Waals surface area contributed by atoms with Crippen LogP contribution in [0.15, 0.2) is 42.5 Å². The highest BCUT2D eigenvalue weighted by atomic mass is 19.4. The zero-order chi connectivity index (χ0) is 22.4. The van der Waals surface area contributed by atoms with Gasteiger partial charge >= 0.3 is 12.1 Å². The predicted molar refractivity (Wildman–Crippen MR) is 109 cm³/mol. The van der Waals surface area contributed by atoms with E-state index in [0.717, 1.165) is 31.4 Å². The van der Waals surface area contributed by atoms with E-state index in [0.29, 0.717) is 18.8 Å². The SMILES string of the molecule is COC(=O)COc1cccc(C(=O)Nc2cc(C(F)(F)F)ccc2N2CCCCC2)c1. The van der Waals surface area contributed by atoms with Crippen molar-refractivity contribution in [1.82, 2.24) is 0 Å². The first kappa shape index (κ1) is 22.5. The molecule has 2 aromatic carbocycles. The normalized spacial score (nSPS) is 14.1. The van der Waals surface area contributed by atoms with Gasteiger partial charge in [-0.3, -0.25) is 4.79 Å². The molecule has 1 fully saturated rings. The molecule has 2 aromatic rings. The highest BCUT2D eigenvalue weighted by Crippen LogP contribution is 2.36. The van der Waals surface area contributed by atoms with E-state index >= 15 is 0 Å². The second kappa shape index (κ2) is 9.72. The van der Waals surface area contributed by atoms with Crippen LogP contribution in [0.25, 0.3) is 0 Å². The number of nitrogens with one attached hydrogen (secondary N) is 1. The number of rotatable bonds is 6. The first-order valence-corrected chi connectivity index (χ1v) is 9.85. The van der Waals surface area contributed by atoms with E-state index in [9.17, 15) is 22.8 Å². The summed E-state index contributed by atoms with van der Waals surface area (Å²) in [7, 11) is 1.23. The number of alkyl halides is 3. The predicted octanol–water partition coefficient (Wildman–Crippen LogP) is 4.50. The summed E-state index contributed by atoms with van der Waals surface area (Å²) >= 11 is 0. The molecule has 31 heavy (non-hydrogen) atoms. The lowest BCUT2D eigenvalue weighted by molar-refractivity contribution is -0.143. The van der Waals surface area contributed by atoms with Crippen molar-refractivity contribution in [2.45, 2.75) is 25.4 Å². The maximum absolute atomic E-state index is 13.3. The number of anilines is 2. The largest absolute Gasteiger partial charge is 0.482 e. The summed E-state index contributed by atoms with van der Waals surface area (Å²) in [6.07, 6.45) is -1.58. The van der Waals surface area contributed by atoms with Crippen LogP contribution < -0.4 is 15.0 Å². The molecule has 1 amide bonds. The number of hydrogen-bond acceptors (Lipinski definition) is 5. The molecule has 0 unspecified atom stereocenters. The molecule has 0 radical (unpaired) electrons. The van der Waals surface area contributed by atoms with E-state index in [1.807, 2.05) is 4.90 Å². The van der Waals surface area contributed by atoms with E-state index in [1.165, 1.54) is 25.3 Å². The fourth-order valence-electron chi connectivity index (χ4n) is 3.35. The number of benzene rings is 2. The number of carbonyl (C=O) groups is 2. The lowest BCUT2D eigenvalue weighted by Crippen LogP contribution is -2.30. The minimum Gasteiger partial charge on any atom is -0.482 e. The Hall–Kier alpha value is -3.23. The fourth-order valence-corrected chi connectivity index (χ4v) is 3.35. The molecule has 0 aliphatic carbocycles. The Morgan fingerprint density at radius 3 is 2.48 bits per heavy atom. The summed E-state index contributed by atoms with van der Waals surface area (Å²) < 4.78 is 49.5. The zero-order valence-electron chi connectivity index (χ0n) is 17.0. The van der Waals surface area contributed by atoms with Crippen molar-refractivity contribution >= 4 is 23.3 Å². The maximum Gasteiger partial charge on any atom is 0.416 e. The number of ether oxygens (including phenoxy) is 2. The average molecular weight is 436 g/mol. The van der Waals surface area contributed by atoms with Crippen molar-refractivity contribution in [3.63, 3.8) is 0 Å². The van der Waals surface area contributed by atoms with Crippen LogP contribution in [0.3, 0.4) is 0 Å². The first-order valence-electron chi connectivity index (χ1n) is 9.85. The Morgan fingerprint density at radius 1 is 1.06 bits per heavy atom. The Bertz CT molecular complexity index is 941. The third kappa shape index (κ3) is 5.90. The Labute approximate surface area is 177 Å². The summed E-state index contributed by atoms with van der Waals surface area (Å²) in [6.45, 7) is 1.10. The summed E-state index contributed by atoms with van der Waals surface area (Å²) in [5, 5.41) is 2.61. The number of nitrogens with zero attached hydrogens (tertiary/aromatic N) is 1. The van der Waals surface area contributed by atoms with Gasteiger partial charge in [0, 0.05) is 18.7 Å². The molecule has 1 aliphatic rings. The molecular formula is C22H23F3N2O4. The molecule has 1 N–H and O–H groups in total. The van der Waals surface area contributed by atoms with Gasteiger partial charge in [-0.1, -0.05) is 6.07 Å². The molecule has 166 valence electrons. The van der Waals surface area contributed by atoms with Crippen molar-refractivity contribution < 1.29 is 32.2 Å². The lowest BCUT2D eigenvalue weighted by Gasteiger charge is -2.31. The smallest absolute Gasteiger partial charge is 0.416 e.